The average Bonchev–Trinajstić information content (AvgIpc) is 3.41. The van der Waals surface area contributed by atoms with Crippen LogP contribution in [-0.2, 0) is 9.59 Å². The average molecular weight is 490 g/mol. The fraction of sp³-hybridized carbons (Fsp3) is 0.0400. The van der Waals surface area contributed by atoms with Crippen LogP contribution in [0, 0.1) is 0 Å². The molecule has 1 aliphatic heterocycles. The first-order valence-electron chi connectivity index (χ1n) is 9.64. The maximum atomic E-state index is 13.3. The second-order valence-corrected chi connectivity index (χ2v) is 9.08. The summed E-state index contributed by atoms with van der Waals surface area (Å²) in [6, 6.07) is 23.5. The van der Waals surface area contributed by atoms with Gasteiger partial charge in [-0.25, -0.2) is 0 Å². The molecule has 0 radical (unpaired) electrons. The minimum absolute atomic E-state index is 0.0997. The predicted molar refractivity (Wildman–Crippen MR) is 127 cm³/mol. The van der Waals surface area contributed by atoms with Gasteiger partial charge in [0.1, 0.15) is 11.8 Å². The second kappa shape index (κ2) is 7.80. The zero-order valence-corrected chi connectivity index (χ0v) is 18.6. The highest BCUT2D eigenvalue weighted by atomic mass is 79.9. The Bertz CT molecular complexity index is 1340. The maximum absolute atomic E-state index is 13.3. The van der Waals surface area contributed by atoms with E-state index in [-0.39, 0.29) is 11.3 Å². The summed E-state index contributed by atoms with van der Waals surface area (Å²) in [6.45, 7) is 0. The molecule has 1 aromatic heterocycles. The fourth-order valence-electron chi connectivity index (χ4n) is 3.98. The van der Waals surface area contributed by atoms with Crippen molar-refractivity contribution in [2.24, 2.45) is 0 Å². The van der Waals surface area contributed by atoms with E-state index in [1.807, 2.05) is 60.0 Å². The number of ketones is 1. The van der Waals surface area contributed by atoms with Crippen LogP contribution in [0.3, 0.4) is 0 Å². The highest BCUT2D eigenvalue weighted by molar-refractivity contribution is 9.10. The van der Waals surface area contributed by atoms with Crippen molar-refractivity contribution in [3.63, 3.8) is 0 Å². The van der Waals surface area contributed by atoms with Crippen LogP contribution in [0.5, 0.6) is 0 Å². The summed E-state index contributed by atoms with van der Waals surface area (Å²) < 4.78 is 0.857. The highest BCUT2D eigenvalue weighted by Crippen LogP contribution is 2.45. The Balaban J connectivity index is 1.76. The summed E-state index contributed by atoms with van der Waals surface area (Å²) in [5, 5.41) is 14.9. The Morgan fingerprint density at radius 3 is 2.39 bits per heavy atom. The number of thiophene rings is 1. The molecule has 1 saturated heterocycles. The number of Topliss-reactive ketones (excluding diaryl/α,β-unsaturated/α-hetero) is 1. The van der Waals surface area contributed by atoms with E-state index in [0.717, 1.165) is 20.1 Å². The van der Waals surface area contributed by atoms with Crippen molar-refractivity contribution in [1.82, 2.24) is 0 Å². The number of aliphatic hydroxyl groups excluding tert-OH is 1. The Morgan fingerprint density at radius 1 is 0.903 bits per heavy atom. The van der Waals surface area contributed by atoms with Crippen LogP contribution in [0.1, 0.15) is 16.5 Å². The number of hydrogen-bond acceptors (Lipinski definition) is 4. The molecule has 6 heteroatoms. The Labute approximate surface area is 191 Å². The molecule has 0 bridgehead atoms. The largest absolute Gasteiger partial charge is 0.507 e. The SMILES string of the molecule is O=C1C(=O)N(c2cccc3ccccc23)C(c2cccs2)/C1=C(/O)c1ccc(Br)cc1. The molecule has 0 saturated carbocycles. The number of carbonyl (C=O) groups is 2. The number of nitrogens with zero attached hydrogens (tertiary/aromatic N) is 1. The molecule has 1 N–H and O–H groups in total. The van der Waals surface area contributed by atoms with Crippen LogP contribution in [-0.4, -0.2) is 16.8 Å². The lowest BCUT2D eigenvalue weighted by atomic mass is 9.99. The van der Waals surface area contributed by atoms with E-state index in [4.69, 9.17) is 0 Å². The van der Waals surface area contributed by atoms with Crippen molar-refractivity contribution < 1.29 is 14.7 Å². The molecular weight excluding hydrogens is 474 g/mol. The van der Waals surface area contributed by atoms with Crippen LogP contribution < -0.4 is 4.90 Å². The predicted octanol–water partition coefficient (Wildman–Crippen LogP) is 6.29. The monoisotopic (exact) mass is 489 g/mol. The first kappa shape index (κ1) is 19.7. The second-order valence-electron chi connectivity index (χ2n) is 7.19. The normalized spacial score (nSPS) is 18.1. The third kappa shape index (κ3) is 3.28. The van der Waals surface area contributed by atoms with E-state index in [2.05, 4.69) is 15.9 Å². The molecular formula is C25H16BrNO3S. The van der Waals surface area contributed by atoms with Gasteiger partial charge >= 0.3 is 0 Å². The number of fused-ring (bicyclic) bond motifs is 1. The first-order valence-corrected chi connectivity index (χ1v) is 11.3. The molecule has 2 heterocycles. The lowest BCUT2D eigenvalue weighted by Crippen LogP contribution is -2.29. The van der Waals surface area contributed by atoms with Gasteiger partial charge in [0.2, 0.25) is 0 Å². The molecule has 31 heavy (non-hydrogen) atoms. The number of anilines is 1. The summed E-state index contributed by atoms with van der Waals surface area (Å²) >= 11 is 4.83. The molecule has 4 aromatic rings. The maximum Gasteiger partial charge on any atom is 0.300 e. The Hall–Kier alpha value is -3.22. The van der Waals surface area contributed by atoms with Gasteiger partial charge in [0, 0.05) is 20.3 Å². The molecule has 0 spiro atoms. The van der Waals surface area contributed by atoms with E-state index in [1.165, 1.54) is 16.2 Å². The zero-order valence-electron chi connectivity index (χ0n) is 16.2. The van der Waals surface area contributed by atoms with Crippen LogP contribution in [0.15, 0.2) is 94.3 Å². The van der Waals surface area contributed by atoms with Gasteiger partial charge in [-0.3, -0.25) is 14.5 Å². The topological polar surface area (TPSA) is 57.6 Å². The summed E-state index contributed by atoms with van der Waals surface area (Å²) in [4.78, 5) is 28.8. The van der Waals surface area contributed by atoms with E-state index in [0.29, 0.717) is 11.3 Å². The molecule has 1 aliphatic rings. The van der Waals surface area contributed by atoms with Crippen LogP contribution in [0.4, 0.5) is 5.69 Å². The van der Waals surface area contributed by atoms with Crippen molar-refractivity contribution in [3.8, 4) is 0 Å². The summed E-state index contributed by atoms with van der Waals surface area (Å²) in [5.41, 5.74) is 1.23. The quantitative estimate of drug-likeness (QED) is 0.209. The minimum Gasteiger partial charge on any atom is -0.507 e. The molecule has 3 aromatic carbocycles. The summed E-state index contributed by atoms with van der Waals surface area (Å²) in [5.74, 6) is -1.51. The van der Waals surface area contributed by atoms with Crippen molar-refractivity contribution in [2.75, 3.05) is 4.90 Å². The lowest BCUT2D eigenvalue weighted by molar-refractivity contribution is -0.132. The standard InChI is InChI=1S/C25H16BrNO3S/c26-17-12-10-16(11-13-17)23(28)21-22(20-9-4-14-31-20)27(25(30)24(21)29)19-8-3-6-15-5-1-2-7-18(15)19/h1-14,22,28H/b23-21-. The van der Waals surface area contributed by atoms with Crippen molar-refractivity contribution in [3.05, 3.63) is 105 Å². The molecule has 4 nitrogen and oxygen atoms in total. The number of benzene rings is 3. The third-order valence-corrected chi connectivity index (χ3v) is 6.85. The van der Waals surface area contributed by atoms with Crippen LogP contribution in [0.2, 0.25) is 0 Å². The molecule has 152 valence electrons. The summed E-state index contributed by atoms with van der Waals surface area (Å²) in [7, 11) is 0. The Kier molecular flexibility index (Phi) is 4.96. The number of aliphatic hydroxyl groups is 1. The van der Waals surface area contributed by atoms with Gasteiger partial charge < -0.3 is 5.11 Å². The molecule has 1 fully saturated rings. The van der Waals surface area contributed by atoms with Crippen molar-refractivity contribution in [2.45, 2.75) is 6.04 Å². The van der Waals surface area contributed by atoms with Gasteiger partial charge in [0.15, 0.2) is 0 Å². The van der Waals surface area contributed by atoms with E-state index in [1.54, 1.807) is 24.3 Å². The third-order valence-electron chi connectivity index (χ3n) is 5.40. The van der Waals surface area contributed by atoms with Crippen molar-refractivity contribution >= 4 is 61.2 Å². The number of rotatable bonds is 3. The number of hydrogen-bond donors (Lipinski definition) is 1. The summed E-state index contributed by atoms with van der Waals surface area (Å²) in [6.07, 6.45) is 0. The van der Waals surface area contributed by atoms with Gasteiger partial charge in [-0.15, -0.1) is 11.3 Å². The van der Waals surface area contributed by atoms with Gasteiger partial charge in [0.05, 0.1) is 11.3 Å². The molecule has 0 aliphatic carbocycles. The smallest absolute Gasteiger partial charge is 0.300 e. The zero-order chi connectivity index (χ0) is 21.5. The van der Waals surface area contributed by atoms with E-state index >= 15 is 0 Å². The molecule has 1 unspecified atom stereocenters. The first-order chi connectivity index (χ1) is 15.1. The number of halogens is 1. The number of carbonyl (C=O) groups excluding carboxylic acids is 2. The highest BCUT2D eigenvalue weighted by Gasteiger charge is 2.47. The van der Waals surface area contributed by atoms with Gasteiger partial charge in [-0.2, -0.15) is 0 Å². The Morgan fingerprint density at radius 2 is 1.65 bits per heavy atom. The van der Waals surface area contributed by atoms with E-state index in [9.17, 15) is 14.7 Å². The van der Waals surface area contributed by atoms with Crippen molar-refractivity contribution in [1.29, 1.82) is 0 Å². The number of amides is 1. The molecule has 1 amide bonds. The molecule has 1 atom stereocenters. The van der Waals surface area contributed by atoms with Gasteiger partial charge in [0.25, 0.3) is 11.7 Å². The lowest BCUT2D eigenvalue weighted by Gasteiger charge is -2.25. The van der Waals surface area contributed by atoms with Gasteiger partial charge in [-0.05, 0) is 35.0 Å². The van der Waals surface area contributed by atoms with E-state index < -0.39 is 17.7 Å². The van der Waals surface area contributed by atoms with Crippen LogP contribution >= 0.6 is 27.3 Å². The minimum atomic E-state index is -0.700. The fourth-order valence-corrected chi connectivity index (χ4v) is 5.07. The van der Waals surface area contributed by atoms with Crippen LogP contribution in [0.25, 0.3) is 16.5 Å². The van der Waals surface area contributed by atoms with Gasteiger partial charge in [-0.1, -0.05) is 70.5 Å². The molecule has 5 rings (SSSR count).